The molecular formula is C37H44ClNO6. The molecule has 7 nitrogen and oxygen atoms in total. The van der Waals surface area contributed by atoms with Gasteiger partial charge in [-0.1, -0.05) is 44.2 Å². The van der Waals surface area contributed by atoms with Crippen LogP contribution in [0.5, 0.6) is 0 Å². The van der Waals surface area contributed by atoms with Crippen molar-refractivity contribution in [3.05, 3.63) is 57.8 Å². The number of aromatic nitrogens is 1. The SMILES string of the molecule is C=C(C)[C@@H]1O[C@@H]2CC[C@]3(C)[C@](O)(CC[C@@H]4[C@H]5OC(C)(C)[C@@H]6C[C@H]7C(=C)Cc8c(Cl)cc9[nH]c(c5c9c8[C@]76O)[C@]43C)[C@]23O[C@@H]3[C@@H]1O. The van der Waals surface area contributed by atoms with E-state index in [0.717, 1.165) is 63.7 Å². The Morgan fingerprint density at radius 1 is 1.11 bits per heavy atom. The molecule has 0 radical (unpaired) electrons. The second-order valence-corrected chi connectivity index (χ2v) is 17.4. The zero-order valence-electron chi connectivity index (χ0n) is 26.8. The van der Waals surface area contributed by atoms with Gasteiger partial charge in [0.25, 0.3) is 0 Å². The van der Waals surface area contributed by atoms with Gasteiger partial charge < -0.3 is 34.5 Å². The van der Waals surface area contributed by atoms with Gasteiger partial charge in [0.2, 0.25) is 0 Å². The van der Waals surface area contributed by atoms with Crippen molar-refractivity contribution in [2.45, 2.75) is 131 Å². The van der Waals surface area contributed by atoms with E-state index < -0.39 is 51.5 Å². The van der Waals surface area contributed by atoms with Crippen LogP contribution in [-0.4, -0.2) is 61.5 Å². The third-order valence-corrected chi connectivity index (χ3v) is 15.5. The first-order valence-corrected chi connectivity index (χ1v) is 17.3. The van der Waals surface area contributed by atoms with Crippen LogP contribution >= 0.6 is 11.6 Å². The number of aromatic amines is 1. The van der Waals surface area contributed by atoms with E-state index in [2.05, 4.69) is 45.8 Å². The molecule has 2 saturated heterocycles. The minimum Gasteiger partial charge on any atom is -0.387 e. The van der Waals surface area contributed by atoms with Crippen molar-refractivity contribution < 1.29 is 29.5 Å². The molecule has 5 aliphatic carbocycles. The van der Waals surface area contributed by atoms with Crippen molar-refractivity contribution in [3.63, 3.8) is 0 Å². The Morgan fingerprint density at radius 2 is 1.87 bits per heavy atom. The molecule has 3 saturated carbocycles. The number of ether oxygens (including phenoxy) is 3. The first kappa shape index (κ1) is 28.3. The molecule has 1 spiro atoms. The molecule has 240 valence electrons. The Kier molecular flexibility index (Phi) is 4.89. The lowest BCUT2D eigenvalue weighted by Gasteiger charge is -2.66. The quantitative estimate of drug-likeness (QED) is 0.238. The molecule has 8 heteroatoms. The van der Waals surface area contributed by atoms with Crippen molar-refractivity contribution in [1.82, 2.24) is 4.98 Å². The summed E-state index contributed by atoms with van der Waals surface area (Å²) in [5, 5.41) is 39.1. The predicted octanol–water partition coefficient (Wildman–Crippen LogP) is 5.66. The Labute approximate surface area is 269 Å². The molecule has 10 rings (SSSR count). The monoisotopic (exact) mass is 633 g/mol. The fourth-order valence-corrected chi connectivity index (χ4v) is 13.2. The standard InChI is InChI=1S/C37H44ClNO6/c1-15(2)28-27(40)31-37(45-31)23(43-28)9-10-33(6)34(7)18(8-11-35(33,37)41)29-25-24-21(39-30(25)34)14-20(38)17-12-16(3)19-13-22(32(4,5)44-29)36(19,42)26(17)24/h14,18-19,22-23,27-29,31,39-42H,1,3,8-13H2,2,4-7H3/t18-,19+,22+,23-,27-,28+,29-,31-,33+,34+,35-,36+,37+/m1/s1. The van der Waals surface area contributed by atoms with Gasteiger partial charge in [0.15, 0.2) is 5.60 Å². The molecule has 5 fully saturated rings. The maximum atomic E-state index is 13.2. The predicted molar refractivity (Wildman–Crippen MR) is 169 cm³/mol. The minimum atomic E-state index is -1.24. The third kappa shape index (κ3) is 2.64. The summed E-state index contributed by atoms with van der Waals surface area (Å²) in [6.07, 6.45) is 1.83. The smallest absolute Gasteiger partial charge is 0.153 e. The second-order valence-electron chi connectivity index (χ2n) is 17.0. The van der Waals surface area contributed by atoms with Crippen molar-refractivity contribution in [2.24, 2.45) is 23.2 Å². The van der Waals surface area contributed by atoms with Crippen LogP contribution in [0.15, 0.2) is 30.4 Å². The first-order chi connectivity index (χ1) is 21.1. The van der Waals surface area contributed by atoms with Crippen LogP contribution in [0.25, 0.3) is 10.9 Å². The molecule has 0 amide bonds. The highest BCUT2D eigenvalue weighted by Crippen LogP contribution is 2.78. The van der Waals surface area contributed by atoms with Crippen LogP contribution in [0.3, 0.4) is 0 Å². The summed E-state index contributed by atoms with van der Waals surface area (Å²) < 4.78 is 20.4. The number of aliphatic hydroxyl groups is 3. The molecular weight excluding hydrogens is 590 g/mol. The number of nitrogens with one attached hydrogen (secondary N) is 1. The second kappa shape index (κ2) is 7.78. The summed E-state index contributed by atoms with van der Waals surface area (Å²) in [5.41, 5.74) is 1.86. The van der Waals surface area contributed by atoms with E-state index in [4.69, 9.17) is 25.8 Å². The lowest BCUT2D eigenvalue weighted by Crippen LogP contribution is -2.76. The van der Waals surface area contributed by atoms with Gasteiger partial charge in [0.1, 0.15) is 29.5 Å². The lowest BCUT2D eigenvalue weighted by atomic mass is 9.40. The van der Waals surface area contributed by atoms with Crippen molar-refractivity contribution >= 4 is 22.5 Å². The van der Waals surface area contributed by atoms with E-state index in [9.17, 15) is 15.3 Å². The Hall–Kier alpha value is -1.71. The van der Waals surface area contributed by atoms with Crippen molar-refractivity contribution in [1.29, 1.82) is 0 Å². The van der Waals surface area contributed by atoms with Crippen LogP contribution in [-0.2, 0) is 31.6 Å². The van der Waals surface area contributed by atoms with Crippen LogP contribution in [0.1, 0.15) is 95.2 Å². The highest BCUT2D eigenvalue weighted by Gasteiger charge is 2.87. The molecule has 45 heavy (non-hydrogen) atoms. The van der Waals surface area contributed by atoms with Crippen LogP contribution in [0.2, 0.25) is 5.02 Å². The van der Waals surface area contributed by atoms with E-state index in [1.807, 2.05) is 13.0 Å². The van der Waals surface area contributed by atoms with Gasteiger partial charge in [0, 0.05) is 55.8 Å². The normalized spacial score (nSPS) is 52.5. The van der Waals surface area contributed by atoms with E-state index in [1.54, 1.807) is 0 Å². The number of aliphatic hydroxyl groups excluding tert-OH is 1. The number of rotatable bonds is 1. The molecule has 4 heterocycles. The highest BCUT2D eigenvalue weighted by molar-refractivity contribution is 6.32. The first-order valence-electron chi connectivity index (χ1n) is 16.9. The van der Waals surface area contributed by atoms with Gasteiger partial charge >= 0.3 is 0 Å². The molecule has 3 aliphatic heterocycles. The lowest BCUT2D eigenvalue weighted by molar-refractivity contribution is -0.281. The van der Waals surface area contributed by atoms with E-state index in [0.29, 0.717) is 24.3 Å². The Balaban J connectivity index is 1.21. The zero-order valence-corrected chi connectivity index (χ0v) is 27.6. The average molecular weight is 634 g/mol. The Bertz CT molecular complexity index is 1800. The maximum absolute atomic E-state index is 13.2. The summed E-state index contributed by atoms with van der Waals surface area (Å²) in [6, 6.07) is 2.02. The average Bonchev–Trinajstić information content (AvgIpc) is 3.55. The molecule has 8 aliphatic rings. The molecule has 13 atom stereocenters. The van der Waals surface area contributed by atoms with E-state index in [-0.39, 0.29) is 30.0 Å². The summed E-state index contributed by atoms with van der Waals surface area (Å²) in [6.45, 7) is 19.2. The number of hydrogen-bond donors (Lipinski definition) is 4. The highest BCUT2D eigenvalue weighted by atomic mass is 35.5. The van der Waals surface area contributed by atoms with Crippen molar-refractivity contribution in [2.75, 3.05) is 0 Å². The summed E-state index contributed by atoms with van der Waals surface area (Å²) >= 11 is 7.06. The molecule has 0 bridgehead atoms. The van der Waals surface area contributed by atoms with Gasteiger partial charge in [-0.3, -0.25) is 0 Å². The molecule has 0 unspecified atom stereocenters. The van der Waals surface area contributed by atoms with Crippen LogP contribution in [0, 0.1) is 23.2 Å². The molecule has 1 aromatic carbocycles. The van der Waals surface area contributed by atoms with Crippen LogP contribution in [0.4, 0.5) is 0 Å². The number of epoxide rings is 1. The van der Waals surface area contributed by atoms with Crippen molar-refractivity contribution in [3.8, 4) is 0 Å². The van der Waals surface area contributed by atoms with Crippen LogP contribution < -0.4 is 0 Å². The molecule has 1 aromatic heterocycles. The number of H-pyrrole nitrogens is 1. The molecule has 4 N–H and O–H groups in total. The topological polar surface area (TPSA) is 107 Å². The fraction of sp³-hybridized carbons (Fsp3) is 0.676. The fourth-order valence-electron chi connectivity index (χ4n) is 12.9. The third-order valence-electron chi connectivity index (χ3n) is 15.2. The molecule has 2 aromatic rings. The van der Waals surface area contributed by atoms with Gasteiger partial charge in [-0.15, -0.1) is 0 Å². The number of halogens is 1. The summed E-state index contributed by atoms with van der Waals surface area (Å²) in [4.78, 5) is 3.87. The summed E-state index contributed by atoms with van der Waals surface area (Å²) in [5.74, 6) is -0.0241. The maximum Gasteiger partial charge on any atom is 0.153 e. The van der Waals surface area contributed by atoms with Gasteiger partial charge in [0.05, 0.1) is 17.8 Å². The van der Waals surface area contributed by atoms with E-state index in [1.165, 1.54) is 0 Å². The summed E-state index contributed by atoms with van der Waals surface area (Å²) in [7, 11) is 0. The minimum absolute atomic E-state index is 0.0254. The van der Waals surface area contributed by atoms with E-state index >= 15 is 0 Å². The van der Waals surface area contributed by atoms with Gasteiger partial charge in [-0.25, -0.2) is 0 Å². The number of fused-ring (bicyclic) bond motifs is 5. The number of benzene rings is 1. The Morgan fingerprint density at radius 3 is 2.60 bits per heavy atom. The van der Waals surface area contributed by atoms with Gasteiger partial charge in [-0.05, 0) is 82.1 Å². The van der Waals surface area contributed by atoms with Gasteiger partial charge in [-0.2, -0.15) is 0 Å². The number of hydrogen-bond acceptors (Lipinski definition) is 6. The zero-order chi connectivity index (χ0) is 31.6. The largest absolute Gasteiger partial charge is 0.387 e.